The van der Waals surface area contributed by atoms with Crippen LogP contribution in [0.2, 0.25) is 0 Å². The molecule has 1 amide bonds. The summed E-state index contributed by atoms with van der Waals surface area (Å²) in [6.07, 6.45) is 0. The highest BCUT2D eigenvalue weighted by molar-refractivity contribution is 8.00. The quantitative estimate of drug-likeness (QED) is 0.536. The second-order valence-corrected chi connectivity index (χ2v) is 7.29. The van der Waals surface area contributed by atoms with E-state index in [1.807, 2.05) is 62.4 Å². The molecule has 0 aliphatic heterocycles. The minimum absolute atomic E-state index is 0.164. The molecular formula is C20H23N5O3S. The molecule has 1 N–H and O–H groups in total. The summed E-state index contributed by atoms with van der Waals surface area (Å²) in [6, 6.07) is 14.8. The molecule has 9 heteroatoms. The van der Waals surface area contributed by atoms with Crippen LogP contribution in [0.25, 0.3) is 5.69 Å². The van der Waals surface area contributed by atoms with Gasteiger partial charge in [0, 0.05) is 0 Å². The van der Waals surface area contributed by atoms with E-state index in [2.05, 4.69) is 20.8 Å². The van der Waals surface area contributed by atoms with Gasteiger partial charge in [-0.3, -0.25) is 4.79 Å². The first-order valence-electron chi connectivity index (χ1n) is 9.33. The maximum absolute atomic E-state index is 12.7. The predicted molar refractivity (Wildman–Crippen MR) is 112 cm³/mol. The first-order valence-corrected chi connectivity index (χ1v) is 10.2. The summed E-state index contributed by atoms with van der Waals surface area (Å²) in [5.41, 5.74) is 1.42. The molecule has 3 rings (SSSR count). The second kappa shape index (κ2) is 9.92. The fraction of sp³-hybridized carbons (Fsp3) is 0.300. The number of thioether (sulfide) groups is 1. The second-order valence-electron chi connectivity index (χ2n) is 5.98. The minimum Gasteiger partial charge on any atom is -0.494 e. The Balaban J connectivity index is 1.69. The van der Waals surface area contributed by atoms with Crippen LogP contribution in [0.5, 0.6) is 11.5 Å². The number of amides is 1. The lowest BCUT2D eigenvalue weighted by atomic mass is 10.3. The zero-order chi connectivity index (χ0) is 20.6. The number of ether oxygens (including phenoxy) is 2. The third-order valence-electron chi connectivity index (χ3n) is 3.93. The van der Waals surface area contributed by atoms with Crippen molar-refractivity contribution in [2.75, 3.05) is 18.5 Å². The van der Waals surface area contributed by atoms with E-state index in [4.69, 9.17) is 9.47 Å². The van der Waals surface area contributed by atoms with Crippen LogP contribution in [-0.2, 0) is 4.79 Å². The van der Waals surface area contributed by atoms with Crippen molar-refractivity contribution in [2.24, 2.45) is 0 Å². The number of hydrogen-bond donors (Lipinski definition) is 1. The lowest BCUT2D eigenvalue weighted by Gasteiger charge is -2.14. The maximum atomic E-state index is 12.7. The highest BCUT2D eigenvalue weighted by atomic mass is 32.2. The molecule has 1 heterocycles. The Morgan fingerprint density at radius 2 is 1.83 bits per heavy atom. The van der Waals surface area contributed by atoms with Gasteiger partial charge in [0.15, 0.2) is 0 Å². The van der Waals surface area contributed by atoms with Gasteiger partial charge in [0.25, 0.3) is 0 Å². The Bertz CT molecular complexity index is 945. The maximum Gasteiger partial charge on any atom is 0.237 e. The molecule has 0 saturated carbocycles. The summed E-state index contributed by atoms with van der Waals surface area (Å²) in [5.74, 6) is 1.25. The number of nitrogens with zero attached hydrogens (tertiary/aromatic N) is 4. The molecule has 152 valence electrons. The first-order chi connectivity index (χ1) is 14.1. The molecule has 3 aromatic rings. The number of carbonyl (C=O) groups excluding carboxylic acids is 1. The van der Waals surface area contributed by atoms with Crippen LogP contribution in [0.1, 0.15) is 20.8 Å². The van der Waals surface area contributed by atoms with Gasteiger partial charge in [-0.15, -0.1) is 5.10 Å². The molecule has 0 bridgehead atoms. The van der Waals surface area contributed by atoms with Crippen LogP contribution in [0.3, 0.4) is 0 Å². The van der Waals surface area contributed by atoms with Crippen molar-refractivity contribution >= 4 is 23.4 Å². The largest absolute Gasteiger partial charge is 0.494 e. The Labute approximate surface area is 173 Å². The Kier molecular flexibility index (Phi) is 7.07. The molecule has 29 heavy (non-hydrogen) atoms. The van der Waals surface area contributed by atoms with E-state index < -0.39 is 5.25 Å². The highest BCUT2D eigenvalue weighted by Crippen LogP contribution is 2.27. The fourth-order valence-electron chi connectivity index (χ4n) is 2.56. The molecule has 1 atom stereocenters. The molecule has 0 aliphatic carbocycles. The topological polar surface area (TPSA) is 91.2 Å². The standard InChI is InChI=1S/C20H23N5O3S/c1-4-27-16-12-10-15(11-13-16)25-20(22-23-24-25)29-14(3)19(26)21-17-8-6-7-9-18(17)28-5-2/h6-14H,4-5H2,1-3H3,(H,21,26). The molecule has 0 saturated heterocycles. The van der Waals surface area contributed by atoms with Gasteiger partial charge in [-0.25, -0.2) is 0 Å². The van der Waals surface area contributed by atoms with Gasteiger partial charge in [0.05, 0.1) is 29.8 Å². The zero-order valence-electron chi connectivity index (χ0n) is 16.5. The molecule has 0 spiro atoms. The Morgan fingerprint density at radius 1 is 1.10 bits per heavy atom. The van der Waals surface area contributed by atoms with E-state index in [1.165, 1.54) is 11.8 Å². The number of benzene rings is 2. The van der Waals surface area contributed by atoms with Crippen LogP contribution in [-0.4, -0.2) is 44.6 Å². The lowest BCUT2D eigenvalue weighted by molar-refractivity contribution is -0.115. The van der Waals surface area contributed by atoms with Crippen molar-refractivity contribution in [1.82, 2.24) is 20.2 Å². The molecule has 0 aliphatic rings. The van der Waals surface area contributed by atoms with Gasteiger partial charge in [-0.1, -0.05) is 23.9 Å². The van der Waals surface area contributed by atoms with Crippen molar-refractivity contribution < 1.29 is 14.3 Å². The predicted octanol–water partition coefficient (Wildman–Crippen LogP) is 3.58. The molecule has 0 radical (unpaired) electrons. The average Bonchev–Trinajstić information content (AvgIpc) is 3.18. The first kappa shape index (κ1) is 20.7. The van der Waals surface area contributed by atoms with Crippen molar-refractivity contribution in [2.45, 2.75) is 31.2 Å². The summed E-state index contributed by atoms with van der Waals surface area (Å²) in [4.78, 5) is 12.7. The molecule has 8 nitrogen and oxygen atoms in total. The third-order valence-corrected chi connectivity index (χ3v) is 4.96. The third kappa shape index (κ3) is 5.26. The Hall–Kier alpha value is -3.07. The van der Waals surface area contributed by atoms with E-state index in [0.29, 0.717) is 29.8 Å². The summed E-state index contributed by atoms with van der Waals surface area (Å²) in [7, 11) is 0. The van der Waals surface area contributed by atoms with Gasteiger partial charge >= 0.3 is 0 Å². The van der Waals surface area contributed by atoms with Crippen LogP contribution in [0.15, 0.2) is 53.7 Å². The summed E-state index contributed by atoms with van der Waals surface area (Å²) in [6.45, 7) is 6.76. The van der Waals surface area contributed by atoms with Crippen molar-refractivity contribution in [3.63, 3.8) is 0 Å². The van der Waals surface area contributed by atoms with Gasteiger partial charge in [0.1, 0.15) is 11.5 Å². The van der Waals surface area contributed by atoms with E-state index in [9.17, 15) is 4.79 Å². The molecular weight excluding hydrogens is 390 g/mol. The number of para-hydroxylation sites is 2. The summed E-state index contributed by atoms with van der Waals surface area (Å²) >= 11 is 1.28. The summed E-state index contributed by atoms with van der Waals surface area (Å²) < 4.78 is 12.6. The van der Waals surface area contributed by atoms with Crippen LogP contribution in [0.4, 0.5) is 5.69 Å². The fourth-order valence-corrected chi connectivity index (χ4v) is 3.37. The SMILES string of the molecule is CCOc1ccc(-n2nnnc2SC(C)C(=O)Nc2ccccc2OCC)cc1. The summed E-state index contributed by atoms with van der Waals surface area (Å²) in [5, 5.41) is 14.9. The van der Waals surface area contributed by atoms with E-state index in [1.54, 1.807) is 11.6 Å². The van der Waals surface area contributed by atoms with Crippen molar-refractivity contribution in [3.05, 3.63) is 48.5 Å². The zero-order valence-corrected chi connectivity index (χ0v) is 17.3. The number of aromatic nitrogens is 4. The molecule has 1 aromatic heterocycles. The minimum atomic E-state index is -0.419. The average molecular weight is 414 g/mol. The van der Waals surface area contributed by atoms with Crippen molar-refractivity contribution in [3.8, 4) is 17.2 Å². The monoisotopic (exact) mass is 413 g/mol. The van der Waals surface area contributed by atoms with Crippen molar-refractivity contribution in [1.29, 1.82) is 0 Å². The van der Waals surface area contributed by atoms with Crippen LogP contribution >= 0.6 is 11.8 Å². The number of carbonyl (C=O) groups is 1. The van der Waals surface area contributed by atoms with Gasteiger partial charge in [0.2, 0.25) is 11.1 Å². The van der Waals surface area contributed by atoms with E-state index >= 15 is 0 Å². The number of anilines is 1. The molecule has 0 fully saturated rings. The van der Waals surface area contributed by atoms with Crippen LogP contribution in [0, 0.1) is 0 Å². The number of rotatable bonds is 9. The van der Waals surface area contributed by atoms with E-state index in [0.717, 1.165) is 11.4 Å². The number of hydrogen-bond acceptors (Lipinski definition) is 7. The van der Waals surface area contributed by atoms with Gasteiger partial charge in [-0.2, -0.15) is 4.68 Å². The van der Waals surface area contributed by atoms with Gasteiger partial charge in [-0.05, 0) is 67.6 Å². The van der Waals surface area contributed by atoms with Gasteiger partial charge < -0.3 is 14.8 Å². The smallest absolute Gasteiger partial charge is 0.237 e. The Morgan fingerprint density at radius 3 is 2.55 bits per heavy atom. The number of tetrazole rings is 1. The van der Waals surface area contributed by atoms with E-state index in [-0.39, 0.29) is 5.91 Å². The highest BCUT2D eigenvalue weighted by Gasteiger charge is 2.20. The lowest BCUT2D eigenvalue weighted by Crippen LogP contribution is -2.23. The normalized spacial score (nSPS) is 11.7. The number of nitrogens with one attached hydrogen (secondary N) is 1. The van der Waals surface area contributed by atoms with Crippen LogP contribution < -0.4 is 14.8 Å². The molecule has 2 aromatic carbocycles. The molecule has 1 unspecified atom stereocenters.